The maximum absolute atomic E-state index is 13.3. The summed E-state index contributed by atoms with van der Waals surface area (Å²) < 4.78 is 15.9. The van der Waals surface area contributed by atoms with Gasteiger partial charge >= 0.3 is 0 Å². The monoisotopic (exact) mass is 347 g/mol. The summed E-state index contributed by atoms with van der Waals surface area (Å²) in [7, 11) is 0. The van der Waals surface area contributed by atoms with Crippen LogP contribution >= 0.6 is 15.9 Å². The SMILES string of the molecule is Cc1c(Br)cccc1-n1nnnc1-c1ccc(F)c(N)c1. The van der Waals surface area contributed by atoms with Gasteiger partial charge in [-0.3, -0.25) is 0 Å². The fourth-order valence-corrected chi connectivity index (χ4v) is 2.39. The van der Waals surface area contributed by atoms with Gasteiger partial charge in [0, 0.05) is 10.0 Å². The topological polar surface area (TPSA) is 69.6 Å². The van der Waals surface area contributed by atoms with Crippen molar-refractivity contribution in [3.63, 3.8) is 0 Å². The largest absolute Gasteiger partial charge is 0.396 e. The van der Waals surface area contributed by atoms with Crippen LogP contribution in [0.1, 0.15) is 5.56 Å². The molecular formula is C14H11BrFN5. The highest BCUT2D eigenvalue weighted by Crippen LogP contribution is 2.27. The third-order valence-electron chi connectivity index (χ3n) is 3.19. The normalized spacial score (nSPS) is 10.8. The van der Waals surface area contributed by atoms with Crippen LogP contribution in [0.4, 0.5) is 10.1 Å². The first-order valence-corrected chi connectivity index (χ1v) is 6.96. The molecule has 2 aromatic carbocycles. The van der Waals surface area contributed by atoms with E-state index in [-0.39, 0.29) is 5.69 Å². The van der Waals surface area contributed by atoms with E-state index in [2.05, 4.69) is 31.5 Å². The molecule has 0 amide bonds. The molecule has 0 unspecified atom stereocenters. The Kier molecular flexibility index (Phi) is 3.42. The summed E-state index contributed by atoms with van der Waals surface area (Å²) in [5.41, 5.74) is 8.16. The van der Waals surface area contributed by atoms with Gasteiger partial charge in [0.25, 0.3) is 0 Å². The lowest BCUT2D eigenvalue weighted by Gasteiger charge is -2.09. The Morgan fingerprint density at radius 1 is 1.24 bits per heavy atom. The van der Waals surface area contributed by atoms with Crippen molar-refractivity contribution in [3.05, 3.63) is 52.3 Å². The number of nitrogens with zero attached hydrogens (tertiary/aromatic N) is 4. The number of nitrogen functional groups attached to an aromatic ring is 1. The Labute approximate surface area is 128 Å². The third-order valence-corrected chi connectivity index (χ3v) is 4.05. The Hall–Kier alpha value is -2.28. The van der Waals surface area contributed by atoms with Crippen LogP contribution in [0.5, 0.6) is 0 Å². The van der Waals surface area contributed by atoms with Crippen molar-refractivity contribution in [2.75, 3.05) is 5.73 Å². The molecule has 0 aliphatic carbocycles. The van der Waals surface area contributed by atoms with Crippen LogP contribution in [0.2, 0.25) is 0 Å². The molecule has 0 aliphatic heterocycles. The van der Waals surface area contributed by atoms with Gasteiger partial charge in [0.2, 0.25) is 0 Å². The number of hydrogen-bond donors (Lipinski definition) is 1. The predicted molar refractivity (Wildman–Crippen MR) is 81.4 cm³/mol. The van der Waals surface area contributed by atoms with E-state index in [1.807, 2.05) is 25.1 Å². The summed E-state index contributed by atoms with van der Waals surface area (Å²) in [4.78, 5) is 0. The minimum absolute atomic E-state index is 0.0630. The molecule has 0 fully saturated rings. The van der Waals surface area contributed by atoms with Gasteiger partial charge in [-0.1, -0.05) is 22.0 Å². The summed E-state index contributed by atoms with van der Waals surface area (Å²) in [6.45, 7) is 1.96. The average molecular weight is 348 g/mol. The zero-order valence-electron chi connectivity index (χ0n) is 11.1. The number of benzene rings is 2. The number of tetrazole rings is 1. The first-order valence-electron chi connectivity index (χ1n) is 6.17. The van der Waals surface area contributed by atoms with Gasteiger partial charge < -0.3 is 5.73 Å². The van der Waals surface area contributed by atoms with Crippen molar-refractivity contribution < 1.29 is 4.39 Å². The summed E-state index contributed by atoms with van der Waals surface area (Å²) in [6.07, 6.45) is 0. The highest BCUT2D eigenvalue weighted by molar-refractivity contribution is 9.10. The standard InChI is InChI=1S/C14H11BrFN5/c1-8-10(15)3-2-4-13(8)21-14(18-19-20-21)9-5-6-11(16)12(17)7-9/h2-7H,17H2,1H3. The molecule has 2 N–H and O–H groups in total. The molecule has 0 spiro atoms. The van der Waals surface area contributed by atoms with Crippen LogP contribution in [-0.4, -0.2) is 20.2 Å². The van der Waals surface area contributed by atoms with E-state index in [4.69, 9.17) is 5.73 Å². The van der Waals surface area contributed by atoms with Gasteiger partial charge in [-0.05, 0) is 53.2 Å². The summed E-state index contributed by atoms with van der Waals surface area (Å²) >= 11 is 3.48. The number of halogens is 2. The van der Waals surface area contributed by atoms with E-state index in [0.717, 1.165) is 15.7 Å². The zero-order chi connectivity index (χ0) is 15.0. The van der Waals surface area contributed by atoms with E-state index >= 15 is 0 Å². The number of hydrogen-bond acceptors (Lipinski definition) is 4. The van der Waals surface area contributed by atoms with Gasteiger partial charge in [0.1, 0.15) is 5.82 Å². The third kappa shape index (κ3) is 2.40. The second kappa shape index (κ2) is 5.25. The van der Waals surface area contributed by atoms with Crippen LogP contribution in [0.15, 0.2) is 40.9 Å². The van der Waals surface area contributed by atoms with E-state index in [1.165, 1.54) is 12.1 Å². The van der Waals surface area contributed by atoms with Crippen molar-refractivity contribution in [1.29, 1.82) is 0 Å². The highest BCUT2D eigenvalue weighted by atomic mass is 79.9. The van der Waals surface area contributed by atoms with Crippen molar-refractivity contribution in [3.8, 4) is 17.1 Å². The minimum Gasteiger partial charge on any atom is -0.396 e. The molecule has 0 saturated carbocycles. The number of anilines is 1. The molecule has 0 radical (unpaired) electrons. The number of nitrogens with two attached hydrogens (primary N) is 1. The molecule has 1 aromatic heterocycles. The Morgan fingerprint density at radius 2 is 2.05 bits per heavy atom. The summed E-state index contributed by atoms with van der Waals surface area (Å²) in [6, 6.07) is 10.2. The van der Waals surface area contributed by atoms with Gasteiger partial charge in [-0.25, -0.2) is 4.39 Å². The quantitative estimate of drug-likeness (QED) is 0.723. The van der Waals surface area contributed by atoms with Crippen molar-refractivity contribution in [1.82, 2.24) is 20.2 Å². The Morgan fingerprint density at radius 3 is 2.81 bits per heavy atom. The maximum Gasteiger partial charge on any atom is 0.187 e. The molecule has 7 heteroatoms. The Balaban J connectivity index is 2.17. The second-order valence-corrected chi connectivity index (χ2v) is 5.39. The molecule has 3 rings (SSSR count). The molecule has 0 atom stereocenters. The van der Waals surface area contributed by atoms with Crippen molar-refractivity contribution >= 4 is 21.6 Å². The molecular weight excluding hydrogens is 337 g/mol. The van der Waals surface area contributed by atoms with Crippen molar-refractivity contribution in [2.24, 2.45) is 0 Å². The molecule has 21 heavy (non-hydrogen) atoms. The van der Waals surface area contributed by atoms with Gasteiger partial charge in [-0.15, -0.1) is 5.10 Å². The molecule has 106 valence electrons. The maximum atomic E-state index is 13.3. The van der Waals surface area contributed by atoms with E-state index < -0.39 is 5.82 Å². The lowest BCUT2D eigenvalue weighted by Crippen LogP contribution is -2.03. The predicted octanol–water partition coefficient (Wildman–Crippen LogP) is 3.12. The fraction of sp³-hybridized carbons (Fsp3) is 0.0714. The number of aromatic nitrogens is 4. The van der Waals surface area contributed by atoms with Crippen LogP contribution < -0.4 is 5.73 Å². The minimum atomic E-state index is -0.462. The average Bonchev–Trinajstić information content (AvgIpc) is 2.94. The first kappa shape index (κ1) is 13.7. The molecule has 1 heterocycles. The smallest absolute Gasteiger partial charge is 0.187 e. The van der Waals surface area contributed by atoms with Gasteiger partial charge in [0.15, 0.2) is 5.82 Å². The molecule has 0 bridgehead atoms. The summed E-state index contributed by atoms with van der Waals surface area (Å²) in [5, 5.41) is 11.7. The Bertz CT molecular complexity index is 815. The lowest BCUT2D eigenvalue weighted by atomic mass is 10.1. The molecule has 0 aliphatic rings. The number of rotatable bonds is 2. The van der Waals surface area contributed by atoms with Crippen molar-refractivity contribution in [2.45, 2.75) is 6.92 Å². The first-order chi connectivity index (χ1) is 10.1. The molecule has 0 saturated heterocycles. The summed E-state index contributed by atoms with van der Waals surface area (Å²) in [5.74, 6) is 0.0410. The van der Waals surface area contributed by atoms with E-state index in [9.17, 15) is 4.39 Å². The van der Waals surface area contributed by atoms with E-state index in [0.29, 0.717) is 11.4 Å². The van der Waals surface area contributed by atoms with Crippen LogP contribution in [0.25, 0.3) is 17.1 Å². The zero-order valence-corrected chi connectivity index (χ0v) is 12.7. The fourth-order valence-electron chi connectivity index (χ4n) is 2.04. The lowest BCUT2D eigenvalue weighted by molar-refractivity contribution is 0.632. The van der Waals surface area contributed by atoms with Crippen LogP contribution in [0, 0.1) is 12.7 Å². The molecule has 5 nitrogen and oxygen atoms in total. The van der Waals surface area contributed by atoms with Crippen LogP contribution in [0.3, 0.4) is 0 Å². The van der Waals surface area contributed by atoms with E-state index in [1.54, 1.807) is 10.7 Å². The van der Waals surface area contributed by atoms with Crippen LogP contribution in [-0.2, 0) is 0 Å². The van der Waals surface area contributed by atoms with Gasteiger partial charge in [0.05, 0.1) is 11.4 Å². The highest BCUT2D eigenvalue weighted by Gasteiger charge is 2.14. The second-order valence-electron chi connectivity index (χ2n) is 4.53. The van der Waals surface area contributed by atoms with Gasteiger partial charge in [-0.2, -0.15) is 4.68 Å². The molecule has 3 aromatic rings.